The number of piperidine rings is 1. The molecule has 2 fully saturated rings. The summed E-state index contributed by atoms with van der Waals surface area (Å²) in [6.45, 7) is 1.84. The summed E-state index contributed by atoms with van der Waals surface area (Å²) in [5, 5.41) is 10.7. The van der Waals surface area contributed by atoms with E-state index < -0.39 is 12.5 Å². The predicted octanol–water partition coefficient (Wildman–Crippen LogP) is 0.338. The first-order chi connectivity index (χ1) is 11.5. The number of hydrogen-bond acceptors (Lipinski definition) is 5. The van der Waals surface area contributed by atoms with Crippen LogP contribution in [0.25, 0.3) is 6.08 Å². The van der Waals surface area contributed by atoms with Crippen LogP contribution in [0.5, 0.6) is 0 Å². The quantitative estimate of drug-likeness (QED) is 0.618. The van der Waals surface area contributed by atoms with Crippen LogP contribution in [0.1, 0.15) is 24.8 Å². The molecular weight excluding hydrogens is 344 g/mol. The highest BCUT2D eigenvalue weighted by Crippen LogP contribution is 2.32. The summed E-state index contributed by atoms with van der Waals surface area (Å²) in [5.74, 6) is -1.69. The standard InChI is InChI=1S/C17H18N2O3S2/c20-15(21)11-19-16(22)14(24-17(19)23)10-12-4-6-13(7-5-12)18-8-2-1-3-9-18/h4-7,10H,1-3,8-9,11H2,(H,20,21)/b14-10+. The van der Waals surface area contributed by atoms with E-state index in [1.807, 2.05) is 12.1 Å². The van der Waals surface area contributed by atoms with Gasteiger partial charge in [-0.3, -0.25) is 9.69 Å². The van der Waals surface area contributed by atoms with Gasteiger partial charge in [0.25, 0.3) is 5.91 Å². The number of rotatable bonds is 4. The molecule has 1 N–H and O–H groups in total. The van der Waals surface area contributed by atoms with Crippen LogP contribution in [0.2, 0.25) is 0 Å². The first-order valence-electron chi connectivity index (χ1n) is 7.95. The molecule has 1 amide bonds. The van der Waals surface area contributed by atoms with Crippen LogP contribution in [0.15, 0.2) is 29.2 Å². The molecule has 126 valence electrons. The largest absolute Gasteiger partial charge is 0.548 e. The van der Waals surface area contributed by atoms with Crippen LogP contribution in [0, 0.1) is 0 Å². The number of carbonyl (C=O) groups excluding carboxylic acids is 2. The van der Waals surface area contributed by atoms with E-state index in [2.05, 4.69) is 12.1 Å². The van der Waals surface area contributed by atoms with Crippen molar-refractivity contribution in [1.29, 1.82) is 0 Å². The van der Waals surface area contributed by atoms with Gasteiger partial charge in [-0.2, -0.15) is 0 Å². The van der Waals surface area contributed by atoms with Crippen molar-refractivity contribution in [3.63, 3.8) is 0 Å². The molecular formula is C17H18N2O3S2. The molecule has 0 aromatic heterocycles. The van der Waals surface area contributed by atoms with Gasteiger partial charge in [0.1, 0.15) is 10.0 Å². The lowest BCUT2D eigenvalue weighted by atomic mass is 10.1. The van der Waals surface area contributed by atoms with Crippen LogP contribution in [0.3, 0.4) is 0 Å². The van der Waals surface area contributed by atoms with E-state index in [-0.39, 0.29) is 10.2 Å². The Morgan fingerprint density at radius 2 is 1.92 bits per heavy atom. The topological polar surface area (TPSA) is 64.9 Å². The molecule has 24 heavy (non-hydrogen) atoms. The van der Waals surface area contributed by atoms with Gasteiger partial charge in [0.05, 0.1) is 30.5 Å². The van der Waals surface area contributed by atoms with E-state index in [0.717, 1.165) is 22.2 Å². The molecule has 0 unspecified atom stereocenters. The maximum absolute atomic E-state index is 12.2. The molecule has 0 radical (unpaired) electrons. The molecule has 1 aromatic rings. The molecule has 2 aliphatic rings. The third-order valence-electron chi connectivity index (χ3n) is 4.23. The Bertz CT molecular complexity index is 694. The van der Waals surface area contributed by atoms with Crippen molar-refractivity contribution in [1.82, 2.24) is 4.90 Å². The molecule has 3 rings (SSSR count). The number of hydrogen-bond donors (Lipinski definition) is 1. The van der Waals surface area contributed by atoms with E-state index in [1.165, 1.54) is 42.9 Å². The summed E-state index contributed by atoms with van der Waals surface area (Å²) in [4.78, 5) is 25.9. The first kappa shape index (κ1) is 17.1. The lowest BCUT2D eigenvalue weighted by Gasteiger charge is -2.23. The second-order valence-corrected chi connectivity index (χ2v) is 7.60. The third-order valence-corrected chi connectivity index (χ3v) is 5.61. The van der Waals surface area contributed by atoms with Crippen LogP contribution < -0.4 is 10.0 Å². The highest BCUT2D eigenvalue weighted by Gasteiger charge is 2.31. The molecule has 2 aliphatic heterocycles. The molecule has 0 aliphatic carbocycles. The fraction of sp³-hybridized carbons (Fsp3) is 0.353. The summed E-state index contributed by atoms with van der Waals surface area (Å²) < 4.78 is 0.254. The van der Waals surface area contributed by atoms with E-state index in [9.17, 15) is 14.7 Å². The van der Waals surface area contributed by atoms with Crippen molar-refractivity contribution in [2.45, 2.75) is 19.3 Å². The average Bonchev–Trinajstić information content (AvgIpc) is 2.83. The van der Waals surface area contributed by atoms with Crippen LogP contribution in [-0.2, 0) is 9.59 Å². The Hall–Kier alpha value is -1.70. The molecule has 2 saturated heterocycles. The van der Waals surface area contributed by atoms with Gasteiger partial charge in [0.15, 0.2) is 0 Å². The predicted molar refractivity (Wildman–Crippen MR) is 95.5 cm³/mol. The minimum atomic E-state index is -1.32. The van der Waals surface area contributed by atoms with Gasteiger partial charge in [-0.25, -0.2) is 0 Å². The average molecular weight is 362 g/mol. The van der Waals surface area contributed by atoms with Crippen LogP contribution >= 0.6 is 24.0 Å². The molecule has 0 atom stereocenters. The molecule has 7 heteroatoms. The van der Waals surface area contributed by atoms with Crippen molar-refractivity contribution in [3.05, 3.63) is 34.7 Å². The molecule has 0 saturated carbocycles. The maximum Gasteiger partial charge on any atom is 0.266 e. The minimum absolute atomic E-state index is 0.254. The van der Waals surface area contributed by atoms with Gasteiger partial charge < -0.3 is 14.8 Å². The Kier molecular flexibility index (Phi) is 5.33. The van der Waals surface area contributed by atoms with Gasteiger partial charge >= 0.3 is 0 Å². The number of thioether (sulfide) groups is 1. The molecule has 1 aromatic carbocycles. The van der Waals surface area contributed by atoms with Crippen LogP contribution in [-0.4, -0.2) is 40.7 Å². The zero-order valence-corrected chi connectivity index (χ0v) is 14.8. The number of benzene rings is 1. The van der Waals surface area contributed by atoms with E-state index in [0.29, 0.717) is 4.91 Å². The second kappa shape index (κ2) is 7.46. The summed E-state index contributed by atoms with van der Waals surface area (Å²) in [6.07, 6.45) is 5.59. The SMILES string of the molecule is O=C([O-])CN1C(=O)/C(=C\c2ccc([NH+]3CCCCC3)cc2)SC1=S. The number of thiocarbonyl (C=S) groups is 1. The number of aliphatic carboxylic acids is 1. The fourth-order valence-electron chi connectivity index (χ4n) is 3.00. The van der Waals surface area contributed by atoms with Crippen molar-refractivity contribution < 1.29 is 19.6 Å². The smallest absolute Gasteiger partial charge is 0.266 e. The van der Waals surface area contributed by atoms with E-state index in [1.54, 1.807) is 6.08 Å². The lowest BCUT2D eigenvalue weighted by Crippen LogP contribution is -3.08. The molecule has 5 nitrogen and oxygen atoms in total. The molecule has 0 bridgehead atoms. The Balaban J connectivity index is 1.73. The number of quaternary nitrogens is 1. The van der Waals surface area contributed by atoms with Crippen molar-refractivity contribution in [2.24, 2.45) is 0 Å². The number of nitrogens with zero attached hydrogens (tertiary/aromatic N) is 1. The van der Waals surface area contributed by atoms with Crippen LogP contribution in [0.4, 0.5) is 5.69 Å². The summed E-state index contributed by atoms with van der Waals surface area (Å²) in [7, 11) is 0. The number of amides is 1. The summed E-state index contributed by atoms with van der Waals surface area (Å²) in [6, 6.07) is 8.16. The monoisotopic (exact) mass is 362 g/mol. The van der Waals surface area contributed by atoms with E-state index in [4.69, 9.17) is 12.2 Å². The normalized spacial score (nSPS) is 20.8. The number of carboxylic acids is 1. The zero-order chi connectivity index (χ0) is 17.1. The number of carboxylic acid groups (broad SMARTS) is 1. The Morgan fingerprint density at radius 3 is 2.54 bits per heavy atom. The lowest BCUT2D eigenvalue weighted by molar-refractivity contribution is -0.838. The van der Waals surface area contributed by atoms with Gasteiger partial charge in [-0.15, -0.1) is 0 Å². The number of nitrogens with one attached hydrogen (secondary N) is 1. The second-order valence-electron chi connectivity index (χ2n) is 5.93. The zero-order valence-electron chi connectivity index (χ0n) is 13.1. The van der Waals surface area contributed by atoms with Crippen molar-refractivity contribution >= 4 is 51.9 Å². The Labute approximate surface area is 150 Å². The Morgan fingerprint density at radius 1 is 1.25 bits per heavy atom. The molecule has 0 spiro atoms. The minimum Gasteiger partial charge on any atom is -0.548 e. The fourth-order valence-corrected chi connectivity index (χ4v) is 4.25. The van der Waals surface area contributed by atoms with Crippen molar-refractivity contribution in [3.8, 4) is 0 Å². The highest BCUT2D eigenvalue weighted by molar-refractivity contribution is 8.26. The third kappa shape index (κ3) is 3.85. The van der Waals surface area contributed by atoms with E-state index >= 15 is 0 Å². The van der Waals surface area contributed by atoms with Gasteiger partial charge in [0, 0.05) is 0 Å². The van der Waals surface area contributed by atoms with Gasteiger partial charge in [0.2, 0.25) is 0 Å². The van der Waals surface area contributed by atoms with Gasteiger partial charge in [-0.1, -0.05) is 24.0 Å². The molecule has 2 heterocycles. The summed E-state index contributed by atoms with van der Waals surface area (Å²) >= 11 is 6.19. The maximum atomic E-state index is 12.2. The van der Waals surface area contributed by atoms with Crippen molar-refractivity contribution in [2.75, 3.05) is 19.6 Å². The van der Waals surface area contributed by atoms with Gasteiger partial charge in [-0.05, 0) is 55.2 Å². The highest BCUT2D eigenvalue weighted by atomic mass is 32.2. The first-order valence-corrected chi connectivity index (χ1v) is 9.17. The number of carbonyl (C=O) groups is 2. The summed E-state index contributed by atoms with van der Waals surface area (Å²) in [5.41, 5.74) is 2.18.